The minimum Gasteiger partial charge on any atom is -0.307 e. The van der Waals surface area contributed by atoms with E-state index in [-0.39, 0.29) is 0 Å². The number of aryl methyl sites for hydroxylation is 2. The van der Waals surface area contributed by atoms with Crippen molar-refractivity contribution in [3.63, 3.8) is 0 Å². The van der Waals surface area contributed by atoms with Gasteiger partial charge < -0.3 is 4.57 Å². The van der Waals surface area contributed by atoms with E-state index in [4.69, 9.17) is 11.6 Å². The molecule has 4 nitrogen and oxygen atoms in total. The van der Waals surface area contributed by atoms with Crippen LogP contribution in [0.3, 0.4) is 0 Å². The van der Waals surface area contributed by atoms with Crippen LogP contribution in [0.2, 0.25) is 0 Å². The van der Waals surface area contributed by atoms with Crippen LogP contribution >= 0.6 is 22.9 Å². The lowest BCUT2D eigenvalue weighted by atomic mass is 10.3. The Bertz CT molecular complexity index is 696. The summed E-state index contributed by atoms with van der Waals surface area (Å²) in [6.45, 7) is 5.72. The normalized spacial score (nSPS) is 11.5. The van der Waals surface area contributed by atoms with Crippen molar-refractivity contribution < 1.29 is 0 Å². The van der Waals surface area contributed by atoms with Gasteiger partial charge in [-0.25, -0.2) is 9.67 Å². The van der Waals surface area contributed by atoms with Crippen LogP contribution in [0.1, 0.15) is 24.0 Å². The van der Waals surface area contributed by atoms with Crippen LogP contribution < -0.4 is 0 Å². The van der Waals surface area contributed by atoms with Gasteiger partial charge in [0.1, 0.15) is 11.3 Å². The molecule has 0 unspecified atom stereocenters. The summed E-state index contributed by atoms with van der Waals surface area (Å²) in [5.74, 6) is 1.33. The number of hydrogen-bond acceptors (Lipinski definition) is 3. The molecule has 100 valence electrons. The van der Waals surface area contributed by atoms with Crippen molar-refractivity contribution in [1.29, 1.82) is 0 Å². The van der Waals surface area contributed by atoms with Gasteiger partial charge in [-0.05, 0) is 36.2 Å². The number of halogens is 1. The summed E-state index contributed by atoms with van der Waals surface area (Å²) in [6, 6.07) is 2.13. The first kappa shape index (κ1) is 12.7. The predicted octanol–water partition coefficient (Wildman–Crippen LogP) is 3.41. The fourth-order valence-electron chi connectivity index (χ4n) is 2.32. The Balaban J connectivity index is 2.19. The van der Waals surface area contributed by atoms with Gasteiger partial charge in [-0.1, -0.05) is 0 Å². The van der Waals surface area contributed by atoms with Crippen LogP contribution in [0.5, 0.6) is 0 Å². The molecule has 3 aromatic rings. The number of rotatable bonds is 4. The van der Waals surface area contributed by atoms with E-state index in [9.17, 15) is 0 Å². The van der Waals surface area contributed by atoms with Crippen LogP contribution in [0.25, 0.3) is 11.2 Å². The third kappa shape index (κ3) is 2.07. The molecule has 0 saturated heterocycles. The average molecular weight is 295 g/mol. The zero-order chi connectivity index (χ0) is 13.4. The maximum absolute atomic E-state index is 6.04. The van der Waals surface area contributed by atoms with E-state index in [1.165, 1.54) is 5.56 Å². The number of aromatic nitrogens is 4. The van der Waals surface area contributed by atoms with Gasteiger partial charge in [0.25, 0.3) is 0 Å². The molecule has 0 spiro atoms. The standard InChI is InChI=1S/C13H15ClN4S/c1-3-18-13-12(9(2)16-18)15-11(6-14)17(13)7-10-4-5-19-8-10/h4-5,8H,3,6-7H2,1-2H3. The van der Waals surface area contributed by atoms with Crippen molar-refractivity contribution in [2.24, 2.45) is 0 Å². The van der Waals surface area contributed by atoms with Gasteiger partial charge >= 0.3 is 0 Å². The lowest BCUT2D eigenvalue weighted by Gasteiger charge is -2.08. The molecule has 19 heavy (non-hydrogen) atoms. The summed E-state index contributed by atoms with van der Waals surface area (Å²) in [5.41, 5.74) is 4.28. The molecule has 3 aromatic heterocycles. The minimum atomic E-state index is 0.419. The van der Waals surface area contributed by atoms with E-state index < -0.39 is 0 Å². The summed E-state index contributed by atoms with van der Waals surface area (Å²) in [7, 11) is 0. The van der Waals surface area contributed by atoms with Crippen LogP contribution in [-0.4, -0.2) is 19.3 Å². The number of nitrogens with zero attached hydrogens (tertiary/aromatic N) is 4. The first-order chi connectivity index (χ1) is 9.24. The Labute approximate surface area is 120 Å². The molecule has 0 aliphatic heterocycles. The zero-order valence-corrected chi connectivity index (χ0v) is 12.5. The van der Waals surface area contributed by atoms with Gasteiger partial charge in [0.05, 0.1) is 18.1 Å². The second-order valence-electron chi connectivity index (χ2n) is 4.45. The van der Waals surface area contributed by atoms with Crippen LogP contribution in [-0.2, 0) is 19.0 Å². The minimum absolute atomic E-state index is 0.419. The van der Waals surface area contributed by atoms with Crippen LogP contribution in [0, 0.1) is 6.92 Å². The van der Waals surface area contributed by atoms with Gasteiger partial charge in [-0.2, -0.15) is 16.4 Å². The third-order valence-electron chi connectivity index (χ3n) is 3.22. The zero-order valence-electron chi connectivity index (χ0n) is 10.9. The molecule has 6 heteroatoms. The lowest BCUT2D eigenvalue weighted by Crippen LogP contribution is -2.08. The molecule has 0 aromatic carbocycles. The third-order valence-corrected chi connectivity index (χ3v) is 4.19. The monoisotopic (exact) mass is 294 g/mol. The highest BCUT2D eigenvalue weighted by Gasteiger charge is 2.17. The Hall–Kier alpha value is -1.33. The molecular weight excluding hydrogens is 280 g/mol. The summed E-state index contributed by atoms with van der Waals surface area (Å²) < 4.78 is 4.17. The average Bonchev–Trinajstić information content (AvgIpc) is 3.09. The van der Waals surface area contributed by atoms with Crippen LogP contribution in [0.4, 0.5) is 0 Å². The molecule has 0 N–H and O–H groups in total. The van der Waals surface area contributed by atoms with Crippen molar-refractivity contribution in [2.75, 3.05) is 0 Å². The second-order valence-corrected chi connectivity index (χ2v) is 5.50. The topological polar surface area (TPSA) is 35.6 Å². The molecule has 0 aliphatic rings. The highest BCUT2D eigenvalue weighted by molar-refractivity contribution is 7.07. The molecule has 0 atom stereocenters. The van der Waals surface area contributed by atoms with E-state index in [1.807, 2.05) is 11.6 Å². The first-order valence-electron chi connectivity index (χ1n) is 6.24. The van der Waals surface area contributed by atoms with E-state index in [0.717, 1.165) is 35.8 Å². The van der Waals surface area contributed by atoms with Gasteiger partial charge in [0, 0.05) is 6.54 Å². The molecule has 0 saturated carbocycles. The summed E-state index contributed by atoms with van der Waals surface area (Å²) in [5, 5.41) is 8.77. The van der Waals surface area contributed by atoms with Crippen LogP contribution in [0.15, 0.2) is 16.8 Å². The fraction of sp³-hybridized carbons (Fsp3) is 0.385. The lowest BCUT2D eigenvalue weighted by molar-refractivity contribution is 0.639. The Morgan fingerprint density at radius 1 is 1.42 bits per heavy atom. The van der Waals surface area contributed by atoms with Gasteiger partial charge in [0.2, 0.25) is 0 Å². The number of alkyl halides is 1. The number of thiophene rings is 1. The highest BCUT2D eigenvalue weighted by atomic mass is 35.5. The van der Waals surface area contributed by atoms with Crippen molar-refractivity contribution >= 4 is 34.1 Å². The molecule has 0 radical (unpaired) electrons. The summed E-state index contributed by atoms with van der Waals surface area (Å²) in [6.07, 6.45) is 0. The SMILES string of the molecule is CCn1nc(C)c2nc(CCl)n(Cc3ccsc3)c21. The van der Waals surface area contributed by atoms with Crippen molar-refractivity contribution in [3.8, 4) is 0 Å². The fourth-order valence-corrected chi connectivity index (χ4v) is 3.19. The second kappa shape index (κ2) is 4.98. The number of imidazole rings is 1. The largest absolute Gasteiger partial charge is 0.307 e. The molecule has 0 fully saturated rings. The van der Waals surface area contributed by atoms with Crippen molar-refractivity contribution in [3.05, 3.63) is 33.9 Å². The molecular formula is C13H15ClN4S. The van der Waals surface area contributed by atoms with Gasteiger partial charge in [-0.3, -0.25) is 0 Å². The van der Waals surface area contributed by atoms with Crippen molar-refractivity contribution in [2.45, 2.75) is 32.8 Å². The van der Waals surface area contributed by atoms with E-state index in [1.54, 1.807) is 11.3 Å². The first-order valence-corrected chi connectivity index (χ1v) is 7.71. The Kier molecular flexibility index (Phi) is 3.33. The molecule has 0 amide bonds. The van der Waals surface area contributed by atoms with Gasteiger partial charge in [0.15, 0.2) is 5.65 Å². The molecule has 0 aliphatic carbocycles. The van der Waals surface area contributed by atoms with E-state index in [2.05, 4.69) is 38.4 Å². The Morgan fingerprint density at radius 3 is 2.89 bits per heavy atom. The maximum Gasteiger partial charge on any atom is 0.159 e. The predicted molar refractivity (Wildman–Crippen MR) is 78.9 cm³/mol. The molecule has 3 rings (SSSR count). The smallest absolute Gasteiger partial charge is 0.159 e. The summed E-state index contributed by atoms with van der Waals surface area (Å²) >= 11 is 7.74. The quantitative estimate of drug-likeness (QED) is 0.691. The van der Waals surface area contributed by atoms with Gasteiger partial charge in [-0.15, -0.1) is 11.6 Å². The highest BCUT2D eigenvalue weighted by Crippen LogP contribution is 2.22. The Morgan fingerprint density at radius 2 is 2.26 bits per heavy atom. The molecule has 0 bridgehead atoms. The molecule has 3 heterocycles. The van der Waals surface area contributed by atoms with E-state index >= 15 is 0 Å². The number of fused-ring (bicyclic) bond motifs is 1. The number of hydrogen-bond donors (Lipinski definition) is 0. The summed E-state index contributed by atoms with van der Waals surface area (Å²) in [4.78, 5) is 4.63. The van der Waals surface area contributed by atoms with Crippen molar-refractivity contribution in [1.82, 2.24) is 19.3 Å². The van der Waals surface area contributed by atoms with E-state index in [0.29, 0.717) is 5.88 Å². The maximum atomic E-state index is 6.04.